The number of hydrogen-bond donors (Lipinski definition) is 1. The third-order valence-corrected chi connectivity index (χ3v) is 0.693. The number of aliphatic hydroxyl groups is 1. The highest BCUT2D eigenvalue weighted by Gasteiger charge is 2.24. The van der Waals surface area contributed by atoms with Crippen molar-refractivity contribution in [2.45, 2.75) is 12.6 Å². The van der Waals surface area contributed by atoms with Crippen molar-refractivity contribution in [1.82, 2.24) is 0 Å². The standard InChI is InChI=1S/C3H6N2O3/c1-3(2-6,4-7)5-8/h6H,2H2,1H3. The molecule has 0 unspecified atom stereocenters. The molecule has 0 aromatic carbocycles. The first-order valence-corrected chi connectivity index (χ1v) is 1.98. The maximum absolute atomic E-state index is 9.59. The number of aliphatic hydroxyl groups excluding tert-OH is 1. The molecule has 0 aliphatic rings. The average Bonchev–Trinajstić information content (AvgIpc) is 1.87. The second kappa shape index (κ2) is 2.46. The molecule has 1 N–H and O–H groups in total. The Morgan fingerprint density at radius 3 is 1.88 bits per heavy atom. The van der Waals surface area contributed by atoms with E-state index in [2.05, 4.69) is 10.4 Å². The predicted octanol–water partition coefficient (Wildman–Crippen LogP) is 0.228. The van der Waals surface area contributed by atoms with Gasteiger partial charge in [0.2, 0.25) is 0 Å². The Bertz CT molecular complexity index is 94.7. The Hall–Kier alpha value is -0.840. The van der Waals surface area contributed by atoms with Gasteiger partial charge in [-0.25, -0.2) is 0 Å². The summed E-state index contributed by atoms with van der Waals surface area (Å²) in [5, 5.41) is 12.8. The zero-order valence-electron chi connectivity index (χ0n) is 4.37. The summed E-state index contributed by atoms with van der Waals surface area (Å²) in [6.45, 7) is 0.507. The van der Waals surface area contributed by atoms with Crippen LogP contribution in [0.25, 0.3) is 0 Å². The predicted molar refractivity (Wildman–Crippen MR) is 27.1 cm³/mol. The van der Waals surface area contributed by atoms with E-state index in [9.17, 15) is 9.81 Å². The molecule has 0 aliphatic heterocycles. The molecule has 0 amide bonds. The van der Waals surface area contributed by atoms with Gasteiger partial charge in [-0.2, -0.15) is 0 Å². The Labute approximate surface area is 45.7 Å². The highest BCUT2D eigenvalue weighted by atomic mass is 16.3. The minimum atomic E-state index is -1.68. The fraction of sp³-hybridized carbons (Fsp3) is 1.00. The monoisotopic (exact) mass is 118 g/mol. The molecule has 0 saturated carbocycles. The van der Waals surface area contributed by atoms with Crippen LogP contribution in [-0.2, 0) is 0 Å². The smallest absolute Gasteiger partial charge is 0.252 e. The number of nitrogens with zero attached hydrogens (tertiary/aromatic N) is 2. The second-order valence-corrected chi connectivity index (χ2v) is 1.56. The van der Waals surface area contributed by atoms with Crippen molar-refractivity contribution in [3.05, 3.63) is 9.81 Å². The Balaban J connectivity index is 3.96. The van der Waals surface area contributed by atoms with Crippen molar-refractivity contribution in [2.24, 2.45) is 10.4 Å². The van der Waals surface area contributed by atoms with Crippen LogP contribution in [0.3, 0.4) is 0 Å². The lowest BCUT2D eigenvalue weighted by molar-refractivity contribution is 0.214. The molecule has 46 valence electrons. The molecule has 0 spiro atoms. The van der Waals surface area contributed by atoms with E-state index in [4.69, 9.17) is 5.11 Å². The number of rotatable bonds is 3. The molecule has 0 aromatic heterocycles. The molecule has 0 heterocycles. The normalized spacial score (nSPS) is 10.8. The molecule has 0 bridgehead atoms. The van der Waals surface area contributed by atoms with Crippen LogP contribution in [0.5, 0.6) is 0 Å². The first kappa shape index (κ1) is 7.16. The van der Waals surface area contributed by atoms with Gasteiger partial charge in [0.1, 0.15) is 0 Å². The second-order valence-electron chi connectivity index (χ2n) is 1.56. The van der Waals surface area contributed by atoms with Crippen LogP contribution in [0.2, 0.25) is 0 Å². The van der Waals surface area contributed by atoms with Crippen molar-refractivity contribution >= 4 is 0 Å². The first-order valence-electron chi connectivity index (χ1n) is 1.98. The summed E-state index contributed by atoms with van der Waals surface area (Å²) >= 11 is 0. The molecule has 0 rings (SSSR count). The van der Waals surface area contributed by atoms with Crippen LogP contribution >= 0.6 is 0 Å². The van der Waals surface area contributed by atoms with Gasteiger partial charge in [-0.3, -0.25) is 0 Å². The molecule has 0 atom stereocenters. The number of hydrogen-bond acceptors (Lipinski definition) is 5. The maximum Gasteiger partial charge on any atom is 0.252 e. The lowest BCUT2D eigenvalue weighted by Crippen LogP contribution is -2.22. The van der Waals surface area contributed by atoms with Gasteiger partial charge < -0.3 is 5.11 Å². The zero-order chi connectivity index (χ0) is 6.62. The van der Waals surface area contributed by atoms with Crippen LogP contribution in [0, 0.1) is 9.81 Å². The summed E-state index contributed by atoms with van der Waals surface area (Å²) in [6, 6.07) is 0. The van der Waals surface area contributed by atoms with Gasteiger partial charge >= 0.3 is 0 Å². The van der Waals surface area contributed by atoms with Crippen molar-refractivity contribution < 1.29 is 5.11 Å². The largest absolute Gasteiger partial charge is 0.392 e. The zero-order valence-corrected chi connectivity index (χ0v) is 4.37. The van der Waals surface area contributed by atoms with E-state index >= 15 is 0 Å². The van der Waals surface area contributed by atoms with Crippen molar-refractivity contribution in [2.75, 3.05) is 6.61 Å². The van der Waals surface area contributed by atoms with Gasteiger partial charge in [0, 0.05) is 0 Å². The maximum atomic E-state index is 9.59. The summed E-state index contributed by atoms with van der Waals surface area (Å²) in [6.07, 6.45) is 0. The third-order valence-electron chi connectivity index (χ3n) is 0.693. The highest BCUT2D eigenvalue weighted by Crippen LogP contribution is 2.07. The molecule has 5 heteroatoms. The first-order chi connectivity index (χ1) is 3.68. The van der Waals surface area contributed by atoms with Crippen LogP contribution in [0.1, 0.15) is 6.92 Å². The van der Waals surface area contributed by atoms with E-state index in [1.807, 2.05) is 0 Å². The van der Waals surface area contributed by atoms with E-state index in [1.54, 1.807) is 0 Å². The van der Waals surface area contributed by atoms with Crippen LogP contribution < -0.4 is 0 Å². The van der Waals surface area contributed by atoms with Gasteiger partial charge in [-0.15, -0.1) is 9.81 Å². The lowest BCUT2D eigenvalue weighted by Gasteiger charge is -2.04. The average molecular weight is 118 g/mol. The minimum absolute atomic E-state index is 0.639. The van der Waals surface area contributed by atoms with Gasteiger partial charge in [0.25, 0.3) is 5.66 Å². The molecule has 0 fully saturated rings. The number of nitroso groups, excluding NO2 is 2. The Kier molecular flexibility index (Phi) is 2.20. The minimum Gasteiger partial charge on any atom is -0.392 e. The van der Waals surface area contributed by atoms with Gasteiger partial charge in [0.15, 0.2) is 0 Å². The van der Waals surface area contributed by atoms with E-state index in [0.29, 0.717) is 0 Å². The van der Waals surface area contributed by atoms with E-state index in [0.717, 1.165) is 6.92 Å². The Morgan fingerprint density at radius 1 is 1.50 bits per heavy atom. The van der Waals surface area contributed by atoms with Crippen molar-refractivity contribution in [3.63, 3.8) is 0 Å². The molecular formula is C3H6N2O3. The molecule has 0 aromatic rings. The summed E-state index contributed by atoms with van der Waals surface area (Å²) in [5.74, 6) is 0. The fourth-order valence-corrected chi connectivity index (χ4v) is 0.0744. The van der Waals surface area contributed by atoms with E-state index < -0.39 is 12.3 Å². The molecule has 8 heavy (non-hydrogen) atoms. The van der Waals surface area contributed by atoms with Crippen LogP contribution in [0.15, 0.2) is 10.4 Å². The van der Waals surface area contributed by atoms with Crippen molar-refractivity contribution in [3.8, 4) is 0 Å². The van der Waals surface area contributed by atoms with E-state index in [-0.39, 0.29) is 0 Å². The topological polar surface area (TPSA) is 79.1 Å². The van der Waals surface area contributed by atoms with E-state index in [1.165, 1.54) is 0 Å². The molecule has 5 nitrogen and oxygen atoms in total. The quantitative estimate of drug-likeness (QED) is 0.538. The van der Waals surface area contributed by atoms with Gasteiger partial charge in [-0.05, 0) is 17.3 Å². The Morgan fingerprint density at radius 2 is 1.88 bits per heavy atom. The van der Waals surface area contributed by atoms with Gasteiger partial charge in [-0.1, -0.05) is 0 Å². The van der Waals surface area contributed by atoms with Crippen LogP contribution in [0.4, 0.5) is 0 Å². The summed E-state index contributed by atoms with van der Waals surface area (Å²) in [7, 11) is 0. The fourth-order valence-electron chi connectivity index (χ4n) is 0.0744. The van der Waals surface area contributed by atoms with Crippen molar-refractivity contribution in [1.29, 1.82) is 0 Å². The van der Waals surface area contributed by atoms with Crippen LogP contribution in [-0.4, -0.2) is 17.4 Å². The summed E-state index contributed by atoms with van der Waals surface area (Å²) < 4.78 is 0. The molecule has 0 aliphatic carbocycles. The molecule has 0 radical (unpaired) electrons. The lowest BCUT2D eigenvalue weighted by atomic mass is 10.3. The molecular weight excluding hydrogens is 112 g/mol. The summed E-state index contributed by atoms with van der Waals surface area (Å²) in [5.41, 5.74) is -1.68. The summed E-state index contributed by atoms with van der Waals surface area (Å²) in [4.78, 5) is 19.2. The third kappa shape index (κ3) is 1.34. The van der Waals surface area contributed by atoms with Gasteiger partial charge in [0.05, 0.1) is 6.61 Å². The highest BCUT2D eigenvalue weighted by molar-refractivity contribution is 4.76. The SMILES string of the molecule is CC(CO)(N=O)N=O. The molecule has 0 saturated heterocycles.